The van der Waals surface area contributed by atoms with E-state index in [0.29, 0.717) is 5.56 Å². The number of nitrogens with zero attached hydrogens (tertiary/aromatic N) is 1. The Balaban J connectivity index is 2.38. The molecule has 0 bridgehead atoms. The van der Waals surface area contributed by atoms with Crippen molar-refractivity contribution in [3.05, 3.63) is 29.8 Å². The van der Waals surface area contributed by atoms with Gasteiger partial charge in [-0.1, -0.05) is 26.2 Å². The van der Waals surface area contributed by atoms with Crippen molar-refractivity contribution in [3.63, 3.8) is 0 Å². The van der Waals surface area contributed by atoms with Crippen molar-refractivity contribution in [3.8, 4) is 5.75 Å². The normalized spacial score (nSPS) is 10.2. The van der Waals surface area contributed by atoms with Gasteiger partial charge in [-0.05, 0) is 30.7 Å². The van der Waals surface area contributed by atoms with E-state index >= 15 is 0 Å². The molecule has 0 unspecified atom stereocenters. The van der Waals surface area contributed by atoms with Crippen molar-refractivity contribution in [1.82, 2.24) is 4.90 Å². The maximum absolute atomic E-state index is 11.7. The smallest absolute Gasteiger partial charge is 0.253 e. The zero-order valence-corrected chi connectivity index (χ0v) is 11.6. The highest BCUT2D eigenvalue weighted by molar-refractivity contribution is 5.93. The molecule has 100 valence electrons. The maximum atomic E-state index is 11.7. The summed E-state index contributed by atoms with van der Waals surface area (Å²) in [5.41, 5.74) is 0.693. The molecule has 0 N–H and O–H groups in total. The van der Waals surface area contributed by atoms with Gasteiger partial charge in [0.2, 0.25) is 0 Å². The highest BCUT2D eigenvalue weighted by Gasteiger charge is 2.07. The van der Waals surface area contributed by atoms with Crippen molar-refractivity contribution in [2.45, 2.75) is 32.6 Å². The fraction of sp³-hybridized carbons (Fsp3) is 0.533. The number of hydrogen-bond acceptors (Lipinski definition) is 2. The van der Waals surface area contributed by atoms with Crippen LogP contribution in [0.4, 0.5) is 0 Å². The third-order valence-corrected chi connectivity index (χ3v) is 2.77. The summed E-state index contributed by atoms with van der Waals surface area (Å²) in [5, 5.41) is 0. The van der Waals surface area contributed by atoms with Gasteiger partial charge in [0, 0.05) is 19.7 Å². The van der Waals surface area contributed by atoms with Crippen LogP contribution in [0.5, 0.6) is 5.75 Å². The van der Waals surface area contributed by atoms with E-state index in [2.05, 4.69) is 6.92 Å². The van der Waals surface area contributed by atoms with Crippen LogP contribution in [0.2, 0.25) is 0 Å². The van der Waals surface area contributed by atoms with Crippen LogP contribution >= 0.6 is 0 Å². The first-order valence-corrected chi connectivity index (χ1v) is 6.59. The first kappa shape index (κ1) is 14.6. The minimum Gasteiger partial charge on any atom is -0.494 e. The Labute approximate surface area is 110 Å². The molecule has 0 fully saturated rings. The fourth-order valence-corrected chi connectivity index (χ4v) is 1.67. The quantitative estimate of drug-likeness (QED) is 0.694. The van der Waals surface area contributed by atoms with Gasteiger partial charge in [-0.25, -0.2) is 0 Å². The van der Waals surface area contributed by atoms with Crippen LogP contribution in [0.1, 0.15) is 43.0 Å². The molecular weight excluding hydrogens is 226 g/mol. The average molecular weight is 249 g/mol. The molecule has 0 aromatic heterocycles. The van der Waals surface area contributed by atoms with Crippen LogP contribution in [0.15, 0.2) is 24.3 Å². The molecular formula is C15H23NO2. The minimum atomic E-state index is 0.0181. The lowest BCUT2D eigenvalue weighted by molar-refractivity contribution is 0.0827. The molecule has 3 nitrogen and oxygen atoms in total. The number of amides is 1. The van der Waals surface area contributed by atoms with Gasteiger partial charge in [-0.15, -0.1) is 0 Å². The van der Waals surface area contributed by atoms with Gasteiger partial charge in [-0.2, -0.15) is 0 Å². The van der Waals surface area contributed by atoms with Gasteiger partial charge in [-0.3, -0.25) is 4.79 Å². The lowest BCUT2D eigenvalue weighted by atomic mass is 10.2. The molecule has 0 aliphatic heterocycles. The van der Waals surface area contributed by atoms with Crippen LogP contribution < -0.4 is 4.74 Å². The summed E-state index contributed by atoms with van der Waals surface area (Å²) in [5.74, 6) is 0.853. The summed E-state index contributed by atoms with van der Waals surface area (Å²) < 4.78 is 5.62. The van der Waals surface area contributed by atoms with E-state index in [0.717, 1.165) is 18.8 Å². The van der Waals surface area contributed by atoms with Crippen LogP contribution in [0.3, 0.4) is 0 Å². The maximum Gasteiger partial charge on any atom is 0.253 e. The SMILES string of the molecule is CCCCCCOc1ccc(C(=O)N(C)C)cc1. The number of hydrogen-bond donors (Lipinski definition) is 0. The van der Waals surface area contributed by atoms with E-state index in [1.165, 1.54) is 19.3 Å². The van der Waals surface area contributed by atoms with E-state index in [-0.39, 0.29) is 5.91 Å². The van der Waals surface area contributed by atoms with E-state index in [9.17, 15) is 4.79 Å². The summed E-state index contributed by atoms with van der Waals surface area (Å²) in [7, 11) is 3.50. The Morgan fingerprint density at radius 1 is 1.11 bits per heavy atom. The molecule has 1 rings (SSSR count). The van der Waals surface area contributed by atoms with Gasteiger partial charge in [0.1, 0.15) is 5.75 Å². The highest BCUT2D eigenvalue weighted by atomic mass is 16.5. The molecule has 0 aliphatic rings. The van der Waals surface area contributed by atoms with E-state index in [4.69, 9.17) is 4.74 Å². The number of carbonyl (C=O) groups excluding carboxylic acids is 1. The van der Waals surface area contributed by atoms with E-state index in [1.54, 1.807) is 19.0 Å². The molecule has 1 aromatic carbocycles. The number of unbranched alkanes of at least 4 members (excludes halogenated alkanes) is 3. The van der Waals surface area contributed by atoms with Crippen LogP contribution in [-0.2, 0) is 0 Å². The molecule has 18 heavy (non-hydrogen) atoms. The van der Waals surface area contributed by atoms with Crippen molar-refractivity contribution in [2.24, 2.45) is 0 Å². The van der Waals surface area contributed by atoms with Gasteiger partial charge >= 0.3 is 0 Å². The molecule has 0 spiro atoms. The molecule has 0 saturated heterocycles. The Kier molecular flexibility index (Phi) is 6.26. The summed E-state index contributed by atoms with van der Waals surface area (Å²) >= 11 is 0. The molecule has 0 saturated carbocycles. The third kappa shape index (κ3) is 4.78. The molecule has 0 heterocycles. The predicted octanol–water partition coefficient (Wildman–Crippen LogP) is 3.35. The summed E-state index contributed by atoms with van der Waals surface area (Å²) in [4.78, 5) is 13.2. The Bertz CT molecular complexity index is 357. The van der Waals surface area contributed by atoms with Crippen molar-refractivity contribution in [2.75, 3.05) is 20.7 Å². The molecule has 0 aliphatic carbocycles. The third-order valence-electron chi connectivity index (χ3n) is 2.77. The van der Waals surface area contributed by atoms with Crippen molar-refractivity contribution >= 4 is 5.91 Å². The average Bonchev–Trinajstić information content (AvgIpc) is 2.38. The van der Waals surface area contributed by atoms with Gasteiger partial charge in [0.15, 0.2) is 0 Å². The second kappa shape index (κ2) is 7.75. The second-order valence-corrected chi connectivity index (χ2v) is 4.63. The van der Waals surface area contributed by atoms with Crippen molar-refractivity contribution < 1.29 is 9.53 Å². The Hall–Kier alpha value is -1.51. The zero-order valence-electron chi connectivity index (χ0n) is 11.6. The minimum absolute atomic E-state index is 0.0181. The van der Waals surface area contributed by atoms with Gasteiger partial charge < -0.3 is 9.64 Å². The van der Waals surface area contributed by atoms with Crippen LogP contribution in [0, 0.1) is 0 Å². The molecule has 1 aromatic rings. The second-order valence-electron chi connectivity index (χ2n) is 4.63. The first-order valence-electron chi connectivity index (χ1n) is 6.59. The topological polar surface area (TPSA) is 29.5 Å². The highest BCUT2D eigenvalue weighted by Crippen LogP contribution is 2.13. The van der Waals surface area contributed by atoms with E-state index in [1.807, 2.05) is 24.3 Å². The lowest BCUT2D eigenvalue weighted by Crippen LogP contribution is -2.21. The predicted molar refractivity (Wildman–Crippen MR) is 74.1 cm³/mol. The zero-order chi connectivity index (χ0) is 13.4. The summed E-state index contributed by atoms with van der Waals surface area (Å²) in [6, 6.07) is 7.33. The monoisotopic (exact) mass is 249 g/mol. The molecule has 1 amide bonds. The Morgan fingerprint density at radius 2 is 1.78 bits per heavy atom. The van der Waals surface area contributed by atoms with E-state index < -0.39 is 0 Å². The number of rotatable bonds is 7. The van der Waals surface area contributed by atoms with Crippen molar-refractivity contribution in [1.29, 1.82) is 0 Å². The molecule has 0 atom stereocenters. The van der Waals surface area contributed by atoms with Crippen LogP contribution in [-0.4, -0.2) is 31.5 Å². The van der Waals surface area contributed by atoms with Gasteiger partial charge in [0.05, 0.1) is 6.61 Å². The summed E-state index contributed by atoms with van der Waals surface area (Å²) in [6.07, 6.45) is 4.81. The number of carbonyl (C=O) groups is 1. The molecule has 0 radical (unpaired) electrons. The lowest BCUT2D eigenvalue weighted by Gasteiger charge is -2.11. The first-order chi connectivity index (χ1) is 8.65. The largest absolute Gasteiger partial charge is 0.494 e. The standard InChI is InChI=1S/C15H23NO2/c1-4-5-6-7-12-18-14-10-8-13(9-11-14)15(17)16(2)3/h8-11H,4-7,12H2,1-3H3. The van der Waals surface area contributed by atoms with Crippen LogP contribution in [0.25, 0.3) is 0 Å². The Morgan fingerprint density at radius 3 is 2.33 bits per heavy atom. The number of ether oxygens (including phenoxy) is 1. The molecule has 3 heteroatoms. The fourth-order valence-electron chi connectivity index (χ4n) is 1.67. The summed E-state index contributed by atoms with van der Waals surface area (Å²) in [6.45, 7) is 2.95. The van der Waals surface area contributed by atoms with Gasteiger partial charge in [0.25, 0.3) is 5.91 Å². The number of benzene rings is 1.